The first kappa shape index (κ1) is 17.3. The lowest BCUT2D eigenvalue weighted by molar-refractivity contribution is -0.123. The summed E-state index contributed by atoms with van der Waals surface area (Å²) in [6.07, 6.45) is 0. The van der Waals surface area contributed by atoms with E-state index in [1.165, 1.54) is 0 Å². The van der Waals surface area contributed by atoms with Crippen molar-refractivity contribution in [1.82, 2.24) is 10.9 Å². The number of nitrogens with one attached hydrogen (secondary N) is 2. The SMILES string of the molecule is CCOc1ccc(OCC(=O)NNC(=O)c2cccc(C)c2)cc1. The average Bonchev–Trinajstić information content (AvgIpc) is 2.59. The molecule has 0 aliphatic rings. The Bertz CT molecular complexity index is 698. The van der Waals surface area contributed by atoms with E-state index in [1.807, 2.05) is 19.9 Å². The standard InChI is InChI=1S/C18H20N2O4/c1-3-23-15-7-9-16(10-8-15)24-12-17(21)19-20-18(22)14-6-4-5-13(2)11-14/h4-11H,3,12H2,1-2H3,(H,19,21)(H,20,22). The van der Waals surface area contributed by atoms with Crippen LogP contribution >= 0.6 is 0 Å². The van der Waals surface area contributed by atoms with Crippen molar-refractivity contribution in [2.45, 2.75) is 13.8 Å². The maximum Gasteiger partial charge on any atom is 0.276 e. The molecule has 0 heterocycles. The number of hydrogen-bond acceptors (Lipinski definition) is 4. The molecule has 2 aromatic rings. The van der Waals surface area contributed by atoms with Crippen LogP contribution in [0, 0.1) is 6.92 Å². The normalized spacial score (nSPS) is 9.92. The Kier molecular flexibility index (Phi) is 6.19. The lowest BCUT2D eigenvalue weighted by Gasteiger charge is -2.09. The topological polar surface area (TPSA) is 76.7 Å². The number of carbonyl (C=O) groups excluding carboxylic acids is 2. The number of benzene rings is 2. The summed E-state index contributed by atoms with van der Waals surface area (Å²) in [7, 11) is 0. The molecule has 2 amide bonds. The maximum atomic E-state index is 11.9. The molecule has 0 fully saturated rings. The van der Waals surface area contributed by atoms with Crippen molar-refractivity contribution in [3.8, 4) is 11.5 Å². The van der Waals surface area contributed by atoms with E-state index < -0.39 is 5.91 Å². The molecule has 0 aromatic heterocycles. The van der Waals surface area contributed by atoms with E-state index in [0.717, 1.165) is 11.3 Å². The fourth-order valence-corrected chi connectivity index (χ4v) is 1.97. The van der Waals surface area contributed by atoms with Gasteiger partial charge in [0.25, 0.3) is 11.8 Å². The van der Waals surface area contributed by atoms with Crippen LogP contribution in [-0.2, 0) is 4.79 Å². The van der Waals surface area contributed by atoms with Gasteiger partial charge in [0.2, 0.25) is 0 Å². The number of carbonyl (C=O) groups is 2. The highest BCUT2D eigenvalue weighted by atomic mass is 16.5. The molecule has 2 rings (SSSR count). The minimum absolute atomic E-state index is 0.206. The van der Waals surface area contributed by atoms with Crippen molar-refractivity contribution < 1.29 is 19.1 Å². The number of rotatable bonds is 6. The number of hydrogen-bond donors (Lipinski definition) is 2. The molecule has 0 aliphatic carbocycles. The zero-order chi connectivity index (χ0) is 17.4. The molecule has 0 saturated heterocycles. The lowest BCUT2D eigenvalue weighted by atomic mass is 10.1. The van der Waals surface area contributed by atoms with Gasteiger partial charge in [-0.25, -0.2) is 0 Å². The number of aryl methyl sites for hydroxylation is 1. The van der Waals surface area contributed by atoms with Crippen LogP contribution in [0.1, 0.15) is 22.8 Å². The predicted molar refractivity (Wildman–Crippen MR) is 89.9 cm³/mol. The first-order valence-corrected chi connectivity index (χ1v) is 7.60. The van der Waals surface area contributed by atoms with Crippen LogP contribution in [0.15, 0.2) is 48.5 Å². The van der Waals surface area contributed by atoms with Crippen molar-refractivity contribution in [3.63, 3.8) is 0 Å². The third-order valence-electron chi connectivity index (χ3n) is 3.10. The van der Waals surface area contributed by atoms with E-state index in [9.17, 15) is 9.59 Å². The van der Waals surface area contributed by atoms with Gasteiger partial charge in [-0.2, -0.15) is 0 Å². The Labute approximate surface area is 140 Å². The van der Waals surface area contributed by atoms with Gasteiger partial charge in [-0.1, -0.05) is 17.7 Å². The summed E-state index contributed by atoms with van der Waals surface area (Å²) >= 11 is 0. The molecule has 0 atom stereocenters. The zero-order valence-corrected chi connectivity index (χ0v) is 13.7. The summed E-state index contributed by atoms with van der Waals surface area (Å²) in [6.45, 7) is 4.17. The second-order valence-electron chi connectivity index (χ2n) is 5.06. The third-order valence-corrected chi connectivity index (χ3v) is 3.10. The predicted octanol–water partition coefficient (Wildman–Crippen LogP) is 2.23. The molecule has 126 valence electrons. The van der Waals surface area contributed by atoms with Gasteiger partial charge in [0.15, 0.2) is 6.61 Å². The first-order chi connectivity index (χ1) is 11.6. The monoisotopic (exact) mass is 328 g/mol. The molecule has 0 unspecified atom stereocenters. The minimum Gasteiger partial charge on any atom is -0.494 e. The first-order valence-electron chi connectivity index (χ1n) is 7.60. The van der Waals surface area contributed by atoms with Crippen molar-refractivity contribution in [3.05, 3.63) is 59.7 Å². The van der Waals surface area contributed by atoms with Crippen molar-refractivity contribution >= 4 is 11.8 Å². The van der Waals surface area contributed by atoms with Crippen LogP contribution < -0.4 is 20.3 Å². The van der Waals surface area contributed by atoms with Gasteiger partial charge in [0, 0.05) is 5.56 Å². The number of ether oxygens (including phenoxy) is 2. The Balaban J connectivity index is 1.76. The molecule has 0 saturated carbocycles. The van der Waals surface area contributed by atoms with Gasteiger partial charge in [0.05, 0.1) is 6.61 Å². The van der Waals surface area contributed by atoms with E-state index in [0.29, 0.717) is 17.9 Å². The van der Waals surface area contributed by atoms with Crippen LogP contribution in [0.25, 0.3) is 0 Å². The van der Waals surface area contributed by atoms with E-state index >= 15 is 0 Å². The molecule has 0 radical (unpaired) electrons. The Morgan fingerprint density at radius 3 is 2.25 bits per heavy atom. The maximum absolute atomic E-state index is 11.9. The van der Waals surface area contributed by atoms with Crippen LogP contribution in [0.2, 0.25) is 0 Å². The quantitative estimate of drug-likeness (QED) is 0.797. The summed E-state index contributed by atoms with van der Waals surface area (Å²) in [5.41, 5.74) is 6.10. The average molecular weight is 328 g/mol. The Morgan fingerprint density at radius 1 is 0.958 bits per heavy atom. The summed E-state index contributed by atoms with van der Waals surface area (Å²) in [5, 5.41) is 0. The molecular formula is C18H20N2O4. The summed E-state index contributed by atoms with van der Waals surface area (Å²) in [4.78, 5) is 23.6. The van der Waals surface area contributed by atoms with E-state index in [2.05, 4.69) is 10.9 Å². The molecule has 6 heteroatoms. The fraction of sp³-hybridized carbons (Fsp3) is 0.222. The molecule has 2 aromatic carbocycles. The second kappa shape index (κ2) is 8.57. The van der Waals surface area contributed by atoms with Gasteiger partial charge in [-0.3, -0.25) is 20.4 Å². The van der Waals surface area contributed by atoms with Crippen LogP contribution in [-0.4, -0.2) is 25.0 Å². The summed E-state index contributed by atoms with van der Waals surface area (Å²) in [6, 6.07) is 14.0. The zero-order valence-electron chi connectivity index (χ0n) is 13.7. The second-order valence-corrected chi connectivity index (χ2v) is 5.06. The Hall–Kier alpha value is -3.02. The van der Waals surface area contributed by atoms with Gasteiger partial charge >= 0.3 is 0 Å². The van der Waals surface area contributed by atoms with Crippen molar-refractivity contribution in [2.24, 2.45) is 0 Å². The van der Waals surface area contributed by atoms with Crippen molar-refractivity contribution in [2.75, 3.05) is 13.2 Å². The number of amides is 2. The minimum atomic E-state index is -0.454. The van der Waals surface area contributed by atoms with Gasteiger partial charge in [-0.05, 0) is 50.2 Å². The van der Waals surface area contributed by atoms with Crippen molar-refractivity contribution in [1.29, 1.82) is 0 Å². The molecule has 24 heavy (non-hydrogen) atoms. The largest absolute Gasteiger partial charge is 0.494 e. The highest BCUT2D eigenvalue weighted by Gasteiger charge is 2.08. The van der Waals surface area contributed by atoms with E-state index in [1.54, 1.807) is 42.5 Å². The Morgan fingerprint density at radius 2 is 1.62 bits per heavy atom. The lowest BCUT2D eigenvalue weighted by Crippen LogP contribution is -2.43. The molecule has 6 nitrogen and oxygen atoms in total. The van der Waals surface area contributed by atoms with Gasteiger partial charge in [-0.15, -0.1) is 0 Å². The molecular weight excluding hydrogens is 308 g/mol. The highest BCUT2D eigenvalue weighted by Crippen LogP contribution is 2.17. The van der Waals surface area contributed by atoms with Gasteiger partial charge in [0.1, 0.15) is 11.5 Å². The third kappa shape index (κ3) is 5.31. The molecule has 0 spiro atoms. The smallest absolute Gasteiger partial charge is 0.276 e. The van der Waals surface area contributed by atoms with Crippen LogP contribution in [0.4, 0.5) is 0 Å². The summed E-state index contributed by atoms with van der Waals surface area (Å²) in [5.74, 6) is 0.441. The van der Waals surface area contributed by atoms with E-state index in [4.69, 9.17) is 9.47 Å². The van der Waals surface area contributed by atoms with Gasteiger partial charge < -0.3 is 9.47 Å². The number of hydrazine groups is 1. The summed E-state index contributed by atoms with van der Waals surface area (Å²) < 4.78 is 10.7. The molecule has 2 N–H and O–H groups in total. The van der Waals surface area contributed by atoms with Crippen LogP contribution in [0.3, 0.4) is 0 Å². The van der Waals surface area contributed by atoms with Crippen LogP contribution in [0.5, 0.6) is 11.5 Å². The highest BCUT2D eigenvalue weighted by molar-refractivity contribution is 5.95. The fourth-order valence-electron chi connectivity index (χ4n) is 1.97. The molecule has 0 bridgehead atoms. The van der Waals surface area contributed by atoms with E-state index in [-0.39, 0.29) is 12.5 Å². The molecule has 0 aliphatic heterocycles.